The second kappa shape index (κ2) is 4.07. The predicted octanol–water partition coefficient (Wildman–Crippen LogP) is 4.16. The standard InChI is InChI=1S/C13H7ClF2N2/c14-12-8(5-7(15)6-9(12)16)13-17-10-3-1-2-4-11(10)18-13/h1-6H,(H,17,18). The van der Waals surface area contributed by atoms with E-state index in [9.17, 15) is 8.78 Å². The van der Waals surface area contributed by atoms with E-state index in [1.54, 1.807) is 6.07 Å². The van der Waals surface area contributed by atoms with Crippen molar-refractivity contribution >= 4 is 22.6 Å². The lowest BCUT2D eigenvalue weighted by Crippen LogP contribution is -1.88. The smallest absolute Gasteiger partial charge is 0.145 e. The van der Waals surface area contributed by atoms with E-state index in [0.29, 0.717) is 11.3 Å². The van der Waals surface area contributed by atoms with Crippen molar-refractivity contribution in [3.8, 4) is 11.4 Å². The predicted molar refractivity (Wildman–Crippen MR) is 66.5 cm³/mol. The van der Waals surface area contributed by atoms with Gasteiger partial charge in [-0.2, -0.15) is 0 Å². The molecule has 3 aromatic rings. The van der Waals surface area contributed by atoms with Crippen LogP contribution in [-0.4, -0.2) is 9.97 Å². The Labute approximate surface area is 106 Å². The van der Waals surface area contributed by atoms with Crippen molar-refractivity contribution in [3.63, 3.8) is 0 Å². The van der Waals surface area contributed by atoms with Crippen molar-refractivity contribution in [1.29, 1.82) is 0 Å². The third kappa shape index (κ3) is 1.75. The fraction of sp³-hybridized carbons (Fsp3) is 0. The van der Waals surface area contributed by atoms with Crippen molar-refractivity contribution in [2.45, 2.75) is 0 Å². The molecule has 1 aromatic heterocycles. The highest BCUT2D eigenvalue weighted by Gasteiger charge is 2.14. The number of rotatable bonds is 1. The third-order valence-electron chi connectivity index (χ3n) is 2.64. The van der Waals surface area contributed by atoms with Gasteiger partial charge in [0.25, 0.3) is 0 Å². The van der Waals surface area contributed by atoms with Crippen LogP contribution in [0.1, 0.15) is 0 Å². The van der Waals surface area contributed by atoms with Gasteiger partial charge in [0.05, 0.1) is 16.1 Å². The molecule has 3 rings (SSSR count). The highest BCUT2D eigenvalue weighted by atomic mass is 35.5. The molecule has 0 saturated heterocycles. The molecule has 18 heavy (non-hydrogen) atoms. The Kier molecular flexibility index (Phi) is 2.52. The van der Waals surface area contributed by atoms with Crippen molar-refractivity contribution in [2.75, 3.05) is 0 Å². The molecule has 2 aromatic carbocycles. The maximum absolute atomic E-state index is 13.4. The average Bonchev–Trinajstić information content (AvgIpc) is 2.77. The van der Waals surface area contributed by atoms with Crippen LogP contribution < -0.4 is 0 Å². The summed E-state index contributed by atoms with van der Waals surface area (Å²) in [5.41, 5.74) is 1.71. The first-order chi connectivity index (χ1) is 8.65. The molecule has 0 saturated carbocycles. The monoisotopic (exact) mass is 264 g/mol. The quantitative estimate of drug-likeness (QED) is 0.657. The van der Waals surface area contributed by atoms with Crippen LogP contribution in [0.3, 0.4) is 0 Å². The minimum atomic E-state index is -0.799. The van der Waals surface area contributed by atoms with Gasteiger partial charge in [0.1, 0.15) is 17.5 Å². The summed E-state index contributed by atoms with van der Waals surface area (Å²) in [7, 11) is 0. The number of H-pyrrole nitrogens is 1. The summed E-state index contributed by atoms with van der Waals surface area (Å²) in [5.74, 6) is -1.14. The lowest BCUT2D eigenvalue weighted by Gasteiger charge is -2.02. The molecule has 1 N–H and O–H groups in total. The molecular weight excluding hydrogens is 258 g/mol. The van der Waals surface area contributed by atoms with Crippen LogP contribution in [-0.2, 0) is 0 Å². The molecular formula is C13H7ClF2N2. The van der Waals surface area contributed by atoms with Gasteiger partial charge in [-0.3, -0.25) is 0 Å². The van der Waals surface area contributed by atoms with Gasteiger partial charge in [-0.1, -0.05) is 23.7 Å². The van der Waals surface area contributed by atoms with Gasteiger partial charge in [-0.25, -0.2) is 13.8 Å². The summed E-state index contributed by atoms with van der Waals surface area (Å²) in [6.07, 6.45) is 0. The molecule has 0 fully saturated rings. The summed E-state index contributed by atoms with van der Waals surface area (Å²) < 4.78 is 26.6. The van der Waals surface area contributed by atoms with Crippen molar-refractivity contribution in [1.82, 2.24) is 9.97 Å². The number of aromatic amines is 1. The van der Waals surface area contributed by atoms with Gasteiger partial charge in [-0.15, -0.1) is 0 Å². The van der Waals surface area contributed by atoms with Gasteiger partial charge in [0.2, 0.25) is 0 Å². The molecule has 0 radical (unpaired) electrons. The van der Waals surface area contributed by atoms with E-state index in [1.807, 2.05) is 18.2 Å². The maximum Gasteiger partial charge on any atom is 0.145 e. The molecule has 0 aliphatic carbocycles. The lowest BCUT2D eigenvalue weighted by atomic mass is 10.2. The van der Waals surface area contributed by atoms with Gasteiger partial charge < -0.3 is 4.98 Å². The van der Waals surface area contributed by atoms with Crippen LogP contribution in [0.4, 0.5) is 8.78 Å². The van der Waals surface area contributed by atoms with E-state index in [4.69, 9.17) is 11.6 Å². The van der Waals surface area contributed by atoms with Crippen LogP contribution in [0.5, 0.6) is 0 Å². The van der Waals surface area contributed by atoms with E-state index in [0.717, 1.165) is 17.6 Å². The van der Waals surface area contributed by atoms with E-state index in [1.165, 1.54) is 0 Å². The average molecular weight is 265 g/mol. The Morgan fingerprint density at radius 3 is 2.67 bits per heavy atom. The Balaban J connectivity index is 2.26. The molecule has 0 amide bonds. The Morgan fingerprint density at radius 1 is 1.11 bits per heavy atom. The Morgan fingerprint density at radius 2 is 1.89 bits per heavy atom. The fourth-order valence-corrected chi connectivity index (χ4v) is 2.01. The first kappa shape index (κ1) is 11.2. The van der Waals surface area contributed by atoms with Crippen LogP contribution in [0.25, 0.3) is 22.4 Å². The maximum atomic E-state index is 13.4. The highest BCUT2D eigenvalue weighted by molar-refractivity contribution is 6.33. The second-order valence-corrected chi connectivity index (χ2v) is 4.23. The molecule has 90 valence electrons. The van der Waals surface area contributed by atoms with Gasteiger partial charge in [-0.05, 0) is 18.2 Å². The fourth-order valence-electron chi connectivity index (χ4n) is 1.81. The summed E-state index contributed by atoms with van der Waals surface area (Å²) in [4.78, 5) is 7.23. The summed E-state index contributed by atoms with van der Waals surface area (Å²) in [6, 6.07) is 9.21. The molecule has 5 heteroatoms. The number of para-hydroxylation sites is 2. The Bertz CT molecular complexity index is 704. The zero-order chi connectivity index (χ0) is 12.7. The number of hydrogen-bond acceptors (Lipinski definition) is 1. The van der Waals surface area contributed by atoms with Crippen molar-refractivity contribution in [3.05, 3.63) is 53.1 Å². The molecule has 0 bridgehead atoms. The SMILES string of the molecule is Fc1cc(F)c(Cl)c(-c2nc3ccccc3[nH]2)c1. The number of aromatic nitrogens is 2. The van der Waals surface area contributed by atoms with E-state index < -0.39 is 11.6 Å². The topological polar surface area (TPSA) is 28.7 Å². The summed E-state index contributed by atoms with van der Waals surface area (Å²) in [6.45, 7) is 0. The lowest BCUT2D eigenvalue weighted by molar-refractivity contribution is 0.584. The number of imidazole rings is 1. The largest absolute Gasteiger partial charge is 0.338 e. The van der Waals surface area contributed by atoms with E-state index >= 15 is 0 Å². The number of nitrogens with one attached hydrogen (secondary N) is 1. The highest BCUT2D eigenvalue weighted by Crippen LogP contribution is 2.30. The minimum Gasteiger partial charge on any atom is -0.338 e. The van der Waals surface area contributed by atoms with Crippen molar-refractivity contribution in [2.24, 2.45) is 0 Å². The Hall–Kier alpha value is -1.94. The molecule has 0 atom stereocenters. The van der Waals surface area contributed by atoms with E-state index in [2.05, 4.69) is 9.97 Å². The van der Waals surface area contributed by atoms with Gasteiger partial charge in [0, 0.05) is 11.6 Å². The number of hydrogen-bond donors (Lipinski definition) is 1. The molecule has 0 spiro atoms. The number of benzene rings is 2. The van der Waals surface area contributed by atoms with Crippen LogP contribution in [0.15, 0.2) is 36.4 Å². The second-order valence-electron chi connectivity index (χ2n) is 3.85. The molecule has 0 unspecified atom stereocenters. The number of nitrogens with zero attached hydrogens (tertiary/aromatic N) is 1. The zero-order valence-electron chi connectivity index (χ0n) is 9.05. The normalized spacial score (nSPS) is 11.1. The first-order valence-electron chi connectivity index (χ1n) is 5.25. The van der Waals surface area contributed by atoms with Crippen LogP contribution in [0, 0.1) is 11.6 Å². The van der Waals surface area contributed by atoms with E-state index in [-0.39, 0.29) is 10.6 Å². The number of fused-ring (bicyclic) bond motifs is 1. The molecule has 0 aliphatic heterocycles. The van der Waals surface area contributed by atoms with Crippen LogP contribution >= 0.6 is 11.6 Å². The minimum absolute atomic E-state index is 0.143. The van der Waals surface area contributed by atoms with Crippen molar-refractivity contribution < 1.29 is 8.78 Å². The summed E-state index contributed by atoms with van der Waals surface area (Å²) in [5, 5.41) is -0.143. The molecule has 1 heterocycles. The van der Waals surface area contributed by atoms with Gasteiger partial charge >= 0.3 is 0 Å². The van der Waals surface area contributed by atoms with Crippen LogP contribution in [0.2, 0.25) is 5.02 Å². The summed E-state index contributed by atoms with van der Waals surface area (Å²) >= 11 is 5.83. The molecule has 0 aliphatic rings. The van der Waals surface area contributed by atoms with Gasteiger partial charge in [0.15, 0.2) is 0 Å². The first-order valence-corrected chi connectivity index (χ1v) is 5.62. The molecule has 2 nitrogen and oxygen atoms in total. The third-order valence-corrected chi connectivity index (χ3v) is 3.02. The zero-order valence-corrected chi connectivity index (χ0v) is 9.80. The number of halogens is 3.